The topological polar surface area (TPSA) is 105 Å². The molecule has 1 saturated heterocycles. The Bertz CT molecular complexity index is 1020. The summed E-state index contributed by atoms with van der Waals surface area (Å²) in [5, 5.41) is 7.34. The van der Waals surface area contributed by atoms with Gasteiger partial charge >= 0.3 is 12.0 Å². The third-order valence-electron chi connectivity index (χ3n) is 5.38. The fourth-order valence-corrected chi connectivity index (χ4v) is 3.58. The van der Waals surface area contributed by atoms with Crippen molar-refractivity contribution < 1.29 is 23.9 Å². The van der Waals surface area contributed by atoms with Gasteiger partial charge in [-0.2, -0.15) is 0 Å². The van der Waals surface area contributed by atoms with Crippen LogP contribution in [0.15, 0.2) is 42.5 Å². The van der Waals surface area contributed by atoms with Crippen molar-refractivity contribution in [1.82, 2.24) is 10.2 Å². The molecule has 2 aromatic carbocycles. The number of nitrogens with zero attached hydrogens (tertiary/aromatic N) is 1. The Morgan fingerprint density at radius 3 is 2.62 bits per heavy atom. The molecule has 2 N–H and O–H groups in total. The summed E-state index contributed by atoms with van der Waals surface area (Å²) in [6.45, 7) is 0.651. The predicted octanol–water partition coefficient (Wildman–Crippen LogP) is 2.04. The molecular formula is C21H21N3O5. The summed E-state index contributed by atoms with van der Waals surface area (Å²) in [5.41, 5.74) is -0.371. The average Bonchev–Trinajstić information content (AvgIpc) is 3.52. The SMILES string of the molecule is C[C@@]1(C2CC2)NC(=O)N(CC(=O)OCC(=O)Nc2ccc3ccccc3c2)C1=O. The largest absolute Gasteiger partial charge is 0.454 e. The van der Waals surface area contributed by atoms with E-state index in [2.05, 4.69) is 10.6 Å². The molecule has 150 valence electrons. The van der Waals surface area contributed by atoms with Crippen molar-refractivity contribution in [2.75, 3.05) is 18.5 Å². The summed E-state index contributed by atoms with van der Waals surface area (Å²) in [7, 11) is 0. The summed E-state index contributed by atoms with van der Waals surface area (Å²) in [6, 6.07) is 12.6. The molecule has 1 saturated carbocycles. The summed E-state index contributed by atoms with van der Waals surface area (Å²) >= 11 is 0. The molecule has 0 bridgehead atoms. The van der Waals surface area contributed by atoms with E-state index in [9.17, 15) is 19.2 Å². The number of rotatable bonds is 6. The summed E-state index contributed by atoms with van der Waals surface area (Å²) in [6.07, 6.45) is 1.74. The third kappa shape index (κ3) is 3.78. The highest BCUT2D eigenvalue weighted by atomic mass is 16.5. The third-order valence-corrected chi connectivity index (χ3v) is 5.38. The van der Waals surface area contributed by atoms with E-state index in [0.717, 1.165) is 28.5 Å². The maximum absolute atomic E-state index is 12.5. The Kier molecular flexibility index (Phi) is 4.70. The molecule has 4 rings (SSSR count). The number of anilines is 1. The number of amides is 4. The van der Waals surface area contributed by atoms with Gasteiger partial charge in [-0.3, -0.25) is 19.3 Å². The Morgan fingerprint density at radius 2 is 1.90 bits per heavy atom. The van der Waals surface area contributed by atoms with E-state index < -0.39 is 42.5 Å². The number of esters is 1. The number of carbonyl (C=O) groups is 4. The van der Waals surface area contributed by atoms with Gasteiger partial charge in [-0.25, -0.2) is 4.79 Å². The molecule has 4 amide bonds. The lowest BCUT2D eigenvalue weighted by molar-refractivity contribution is -0.150. The van der Waals surface area contributed by atoms with Crippen LogP contribution in [-0.2, 0) is 19.1 Å². The molecule has 0 radical (unpaired) electrons. The molecule has 1 aliphatic heterocycles. The van der Waals surface area contributed by atoms with Gasteiger partial charge in [-0.05, 0) is 48.6 Å². The van der Waals surface area contributed by atoms with E-state index in [-0.39, 0.29) is 5.92 Å². The first kappa shape index (κ1) is 18.9. The molecule has 1 aliphatic carbocycles. The van der Waals surface area contributed by atoms with Crippen LogP contribution in [0.4, 0.5) is 10.5 Å². The maximum Gasteiger partial charge on any atom is 0.326 e. The van der Waals surface area contributed by atoms with Crippen LogP contribution in [-0.4, -0.2) is 47.4 Å². The smallest absolute Gasteiger partial charge is 0.326 e. The molecule has 2 aromatic rings. The van der Waals surface area contributed by atoms with Crippen LogP contribution < -0.4 is 10.6 Å². The van der Waals surface area contributed by atoms with E-state index in [4.69, 9.17) is 4.74 Å². The molecule has 8 heteroatoms. The highest BCUT2D eigenvalue weighted by Crippen LogP contribution is 2.42. The number of nitrogens with one attached hydrogen (secondary N) is 2. The summed E-state index contributed by atoms with van der Waals surface area (Å²) < 4.78 is 4.94. The van der Waals surface area contributed by atoms with Crippen molar-refractivity contribution in [2.24, 2.45) is 5.92 Å². The summed E-state index contributed by atoms with van der Waals surface area (Å²) in [4.78, 5) is 49.5. The average molecular weight is 395 g/mol. The zero-order chi connectivity index (χ0) is 20.6. The molecule has 8 nitrogen and oxygen atoms in total. The highest BCUT2D eigenvalue weighted by Gasteiger charge is 2.56. The van der Waals surface area contributed by atoms with Crippen LogP contribution in [0, 0.1) is 5.92 Å². The lowest BCUT2D eigenvalue weighted by Crippen LogP contribution is -2.46. The van der Waals surface area contributed by atoms with Gasteiger partial charge in [0.1, 0.15) is 12.1 Å². The second-order valence-electron chi connectivity index (χ2n) is 7.57. The second-order valence-corrected chi connectivity index (χ2v) is 7.57. The molecule has 1 atom stereocenters. The molecule has 0 unspecified atom stereocenters. The predicted molar refractivity (Wildman–Crippen MR) is 105 cm³/mol. The number of ether oxygens (including phenoxy) is 1. The number of urea groups is 1. The lowest BCUT2D eigenvalue weighted by Gasteiger charge is -2.20. The van der Waals surface area contributed by atoms with Crippen LogP contribution in [0.1, 0.15) is 19.8 Å². The van der Waals surface area contributed by atoms with E-state index in [1.54, 1.807) is 13.0 Å². The van der Waals surface area contributed by atoms with Gasteiger partial charge in [0.15, 0.2) is 6.61 Å². The minimum Gasteiger partial charge on any atom is -0.454 e. The monoisotopic (exact) mass is 395 g/mol. The van der Waals surface area contributed by atoms with Gasteiger partial charge in [0.2, 0.25) is 0 Å². The van der Waals surface area contributed by atoms with Crippen LogP contribution in [0.5, 0.6) is 0 Å². The maximum atomic E-state index is 12.5. The molecule has 29 heavy (non-hydrogen) atoms. The normalized spacial score (nSPS) is 21.2. The fourth-order valence-electron chi connectivity index (χ4n) is 3.58. The first-order valence-corrected chi connectivity index (χ1v) is 9.45. The van der Waals surface area contributed by atoms with E-state index in [1.165, 1.54) is 0 Å². The van der Waals surface area contributed by atoms with Gasteiger partial charge in [-0.1, -0.05) is 30.3 Å². The Morgan fingerprint density at radius 1 is 1.17 bits per heavy atom. The first-order valence-electron chi connectivity index (χ1n) is 9.45. The van der Waals surface area contributed by atoms with Crippen molar-refractivity contribution in [2.45, 2.75) is 25.3 Å². The molecule has 2 aliphatic rings. The molecule has 0 spiro atoms. The molecule has 2 fully saturated rings. The molecule has 0 aromatic heterocycles. The van der Waals surface area contributed by atoms with Crippen molar-refractivity contribution in [3.8, 4) is 0 Å². The second kappa shape index (κ2) is 7.20. The number of imide groups is 1. The van der Waals surface area contributed by atoms with Gasteiger partial charge in [0, 0.05) is 5.69 Å². The van der Waals surface area contributed by atoms with Gasteiger partial charge < -0.3 is 15.4 Å². The number of carbonyl (C=O) groups excluding carboxylic acids is 4. The number of benzene rings is 2. The Balaban J connectivity index is 1.29. The van der Waals surface area contributed by atoms with Crippen molar-refractivity contribution >= 4 is 40.3 Å². The minimum atomic E-state index is -0.954. The van der Waals surface area contributed by atoms with Gasteiger partial charge in [-0.15, -0.1) is 0 Å². The first-order chi connectivity index (χ1) is 13.9. The minimum absolute atomic E-state index is 0.104. The Hall–Kier alpha value is -3.42. The van der Waals surface area contributed by atoms with Crippen LogP contribution in [0.3, 0.4) is 0 Å². The van der Waals surface area contributed by atoms with Gasteiger partial charge in [0.25, 0.3) is 11.8 Å². The Labute approximate surface area is 167 Å². The van der Waals surface area contributed by atoms with E-state index >= 15 is 0 Å². The van der Waals surface area contributed by atoms with Crippen LogP contribution >= 0.6 is 0 Å². The summed E-state index contributed by atoms with van der Waals surface area (Å²) in [5.74, 6) is -1.65. The van der Waals surface area contributed by atoms with Crippen molar-refractivity contribution in [3.05, 3.63) is 42.5 Å². The van der Waals surface area contributed by atoms with Crippen molar-refractivity contribution in [1.29, 1.82) is 0 Å². The zero-order valence-electron chi connectivity index (χ0n) is 15.9. The molecule has 1 heterocycles. The quantitative estimate of drug-likeness (QED) is 0.575. The van der Waals surface area contributed by atoms with Crippen LogP contribution in [0.2, 0.25) is 0 Å². The van der Waals surface area contributed by atoms with Gasteiger partial charge in [0.05, 0.1) is 0 Å². The number of fused-ring (bicyclic) bond motifs is 1. The van der Waals surface area contributed by atoms with Crippen LogP contribution in [0.25, 0.3) is 10.8 Å². The zero-order valence-corrected chi connectivity index (χ0v) is 15.9. The van der Waals surface area contributed by atoms with E-state index in [1.807, 2.05) is 36.4 Å². The standard InChI is InChI=1S/C21H21N3O5/c1-21(15-7-8-15)19(27)24(20(28)23-21)11-18(26)29-12-17(25)22-16-9-6-13-4-2-3-5-14(13)10-16/h2-6,9-10,15H,7-8,11-12H2,1H3,(H,22,25)(H,23,28)/t21-/m0/s1. The highest BCUT2D eigenvalue weighted by molar-refractivity contribution is 6.09. The van der Waals surface area contributed by atoms with E-state index in [0.29, 0.717) is 5.69 Å². The number of hydrogen-bond donors (Lipinski definition) is 2. The van der Waals surface area contributed by atoms with Crippen molar-refractivity contribution in [3.63, 3.8) is 0 Å². The molecular weight excluding hydrogens is 374 g/mol. The number of hydrogen-bond acceptors (Lipinski definition) is 5. The lowest BCUT2D eigenvalue weighted by atomic mass is 9.96. The fraction of sp³-hybridized carbons (Fsp3) is 0.333.